The Bertz CT molecular complexity index is 835. The van der Waals surface area contributed by atoms with Gasteiger partial charge in [0.2, 0.25) is 0 Å². The first-order chi connectivity index (χ1) is 13.4. The van der Waals surface area contributed by atoms with Crippen LogP contribution in [0.2, 0.25) is 5.02 Å². The summed E-state index contributed by atoms with van der Waals surface area (Å²) in [7, 11) is 0. The molecule has 1 atom stereocenters. The second kappa shape index (κ2) is 10.5. The molecule has 0 aliphatic rings. The molecule has 0 aliphatic heterocycles. The first-order valence-corrected chi connectivity index (χ1v) is 9.29. The van der Waals surface area contributed by atoms with Gasteiger partial charge in [0.1, 0.15) is 5.75 Å². The van der Waals surface area contributed by atoms with Gasteiger partial charge in [-0.05, 0) is 50.2 Å². The van der Waals surface area contributed by atoms with E-state index in [1.54, 1.807) is 48.5 Å². The van der Waals surface area contributed by atoms with E-state index in [1.807, 2.05) is 6.92 Å². The molecule has 0 aromatic heterocycles. The number of hydrogen-bond acceptors (Lipinski definition) is 5. The van der Waals surface area contributed by atoms with Crippen LogP contribution in [0.15, 0.2) is 48.5 Å². The van der Waals surface area contributed by atoms with Crippen molar-refractivity contribution in [3.8, 4) is 5.75 Å². The molecule has 0 saturated carbocycles. The molecular weight excluding hydrogens is 382 g/mol. The van der Waals surface area contributed by atoms with Crippen LogP contribution in [0, 0.1) is 0 Å². The zero-order valence-electron chi connectivity index (χ0n) is 15.7. The number of halogens is 1. The van der Waals surface area contributed by atoms with E-state index in [0.29, 0.717) is 28.6 Å². The molecule has 0 saturated heterocycles. The molecule has 2 aromatic rings. The summed E-state index contributed by atoms with van der Waals surface area (Å²) in [5.41, 5.74) is 0.964. The molecule has 6 nitrogen and oxygen atoms in total. The number of esters is 1. The highest BCUT2D eigenvalue weighted by molar-refractivity contribution is 6.30. The number of amides is 1. The molecule has 0 fully saturated rings. The molecule has 0 bridgehead atoms. The molecule has 0 aliphatic carbocycles. The molecule has 2 aromatic carbocycles. The predicted octanol–water partition coefficient (Wildman–Crippen LogP) is 4.27. The van der Waals surface area contributed by atoms with Gasteiger partial charge < -0.3 is 14.8 Å². The highest BCUT2D eigenvalue weighted by Gasteiger charge is 2.20. The average molecular weight is 404 g/mol. The van der Waals surface area contributed by atoms with Crippen LogP contribution in [0.3, 0.4) is 0 Å². The minimum Gasteiger partial charge on any atom is -0.492 e. The third-order valence-electron chi connectivity index (χ3n) is 3.84. The lowest BCUT2D eigenvalue weighted by Crippen LogP contribution is -2.30. The quantitative estimate of drug-likeness (QED) is 0.499. The van der Waals surface area contributed by atoms with Gasteiger partial charge in [-0.15, -0.1) is 0 Å². The van der Waals surface area contributed by atoms with Gasteiger partial charge in [0, 0.05) is 17.0 Å². The number of para-hydroxylation sites is 2. The number of benzene rings is 2. The fourth-order valence-corrected chi connectivity index (χ4v) is 2.52. The van der Waals surface area contributed by atoms with E-state index in [9.17, 15) is 14.4 Å². The van der Waals surface area contributed by atoms with Gasteiger partial charge in [0.05, 0.1) is 18.7 Å². The number of nitrogens with one attached hydrogen (secondary N) is 1. The van der Waals surface area contributed by atoms with E-state index in [4.69, 9.17) is 21.1 Å². The molecule has 28 heavy (non-hydrogen) atoms. The lowest BCUT2D eigenvalue weighted by Gasteiger charge is -2.15. The number of Topliss-reactive ketones (excluding diaryl/α,β-unsaturated/α-hetero) is 1. The van der Waals surface area contributed by atoms with Crippen molar-refractivity contribution in [3.05, 3.63) is 59.1 Å². The van der Waals surface area contributed by atoms with Crippen molar-refractivity contribution in [2.24, 2.45) is 0 Å². The summed E-state index contributed by atoms with van der Waals surface area (Å²) >= 11 is 5.78. The number of anilines is 1. The molecule has 0 spiro atoms. The Hall–Kier alpha value is -2.86. The van der Waals surface area contributed by atoms with Crippen LogP contribution in [0.1, 0.15) is 37.0 Å². The number of rotatable bonds is 9. The van der Waals surface area contributed by atoms with Gasteiger partial charge >= 0.3 is 5.97 Å². The van der Waals surface area contributed by atoms with Crippen LogP contribution in [0.25, 0.3) is 0 Å². The van der Waals surface area contributed by atoms with E-state index >= 15 is 0 Å². The number of ketones is 1. The van der Waals surface area contributed by atoms with Gasteiger partial charge in [-0.3, -0.25) is 14.4 Å². The van der Waals surface area contributed by atoms with Gasteiger partial charge in [-0.2, -0.15) is 0 Å². The topological polar surface area (TPSA) is 81.7 Å². The normalized spacial score (nSPS) is 11.4. The first kappa shape index (κ1) is 21.4. The molecule has 0 heterocycles. The minimum atomic E-state index is -1.01. The van der Waals surface area contributed by atoms with Crippen molar-refractivity contribution in [1.82, 2.24) is 0 Å². The second-order valence-electron chi connectivity index (χ2n) is 5.98. The highest BCUT2D eigenvalue weighted by Crippen LogP contribution is 2.24. The van der Waals surface area contributed by atoms with Crippen molar-refractivity contribution in [2.75, 3.05) is 11.9 Å². The summed E-state index contributed by atoms with van der Waals surface area (Å²) in [6.45, 7) is 3.77. The average Bonchev–Trinajstić information content (AvgIpc) is 2.68. The molecule has 0 radical (unpaired) electrons. The van der Waals surface area contributed by atoms with Crippen LogP contribution >= 0.6 is 11.6 Å². The number of carbonyl (C=O) groups is 3. The van der Waals surface area contributed by atoms with Crippen molar-refractivity contribution in [2.45, 2.75) is 32.8 Å². The van der Waals surface area contributed by atoms with E-state index in [-0.39, 0.29) is 18.6 Å². The lowest BCUT2D eigenvalue weighted by molar-refractivity contribution is -0.153. The van der Waals surface area contributed by atoms with Gasteiger partial charge in [0.15, 0.2) is 11.9 Å². The zero-order valence-corrected chi connectivity index (χ0v) is 16.5. The molecule has 2 rings (SSSR count). The lowest BCUT2D eigenvalue weighted by atomic mass is 10.1. The first-order valence-electron chi connectivity index (χ1n) is 8.91. The number of ether oxygens (including phenoxy) is 2. The summed E-state index contributed by atoms with van der Waals surface area (Å²) < 4.78 is 10.6. The van der Waals surface area contributed by atoms with E-state index in [2.05, 4.69) is 5.32 Å². The summed E-state index contributed by atoms with van der Waals surface area (Å²) in [6.07, 6.45) is -1.14. The van der Waals surface area contributed by atoms with Gasteiger partial charge in [0.25, 0.3) is 5.91 Å². The largest absolute Gasteiger partial charge is 0.492 e. The molecule has 1 unspecified atom stereocenters. The maximum Gasteiger partial charge on any atom is 0.307 e. The van der Waals surface area contributed by atoms with Crippen LogP contribution in [0.5, 0.6) is 5.75 Å². The summed E-state index contributed by atoms with van der Waals surface area (Å²) in [5.74, 6) is -0.769. The fourth-order valence-electron chi connectivity index (χ4n) is 2.39. The Morgan fingerprint density at radius 3 is 2.39 bits per heavy atom. The van der Waals surface area contributed by atoms with Crippen LogP contribution in [-0.4, -0.2) is 30.4 Å². The molecule has 7 heteroatoms. The standard InChI is InChI=1S/C21H22ClNO5/c1-3-27-19-7-5-4-6-17(19)23-21(26)14(2)28-20(25)13-12-18(24)15-8-10-16(22)11-9-15/h4-11,14H,3,12-13H2,1-2H3,(H,23,26). The fraction of sp³-hybridized carbons (Fsp3) is 0.286. The summed E-state index contributed by atoms with van der Waals surface area (Å²) in [5, 5.41) is 3.21. The molecule has 1 amide bonds. The Kier molecular flexibility index (Phi) is 8.02. The maximum absolute atomic E-state index is 12.3. The smallest absolute Gasteiger partial charge is 0.307 e. The van der Waals surface area contributed by atoms with Crippen molar-refractivity contribution >= 4 is 34.9 Å². The zero-order chi connectivity index (χ0) is 20.5. The summed E-state index contributed by atoms with van der Waals surface area (Å²) in [4.78, 5) is 36.3. The Morgan fingerprint density at radius 2 is 1.71 bits per heavy atom. The minimum absolute atomic E-state index is 0.0119. The van der Waals surface area contributed by atoms with Crippen LogP contribution < -0.4 is 10.1 Å². The van der Waals surface area contributed by atoms with E-state index in [1.165, 1.54) is 6.92 Å². The predicted molar refractivity (Wildman–Crippen MR) is 107 cm³/mol. The molecule has 1 N–H and O–H groups in total. The summed E-state index contributed by atoms with van der Waals surface area (Å²) in [6, 6.07) is 13.4. The Labute approximate surface area is 168 Å². The third kappa shape index (κ3) is 6.39. The van der Waals surface area contributed by atoms with Crippen molar-refractivity contribution in [1.29, 1.82) is 0 Å². The second-order valence-corrected chi connectivity index (χ2v) is 6.42. The number of carbonyl (C=O) groups excluding carboxylic acids is 3. The monoisotopic (exact) mass is 403 g/mol. The SMILES string of the molecule is CCOc1ccccc1NC(=O)C(C)OC(=O)CCC(=O)c1ccc(Cl)cc1. The van der Waals surface area contributed by atoms with Gasteiger partial charge in [-0.25, -0.2) is 0 Å². The molecule has 148 valence electrons. The molecular formula is C21H22ClNO5. The Morgan fingerprint density at radius 1 is 1.04 bits per heavy atom. The van der Waals surface area contributed by atoms with Crippen molar-refractivity contribution in [3.63, 3.8) is 0 Å². The van der Waals surface area contributed by atoms with Crippen molar-refractivity contribution < 1.29 is 23.9 Å². The van der Waals surface area contributed by atoms with E-state index < -0.39 is 18.0 Å². The van der Waals surface area contributed by atoms with Crippen LogP contribution in [-0.2, 0) is 14.3 Å². The number of hydrogen-bond donors (Lipinski definition) is 1. The van der Waals surface area contributed by atoms with Crippen LogP contribution in [0.4, 0.5) is 5.69 Å². The third-order valence-corrected chi connectivity index (χ3v) is 4.10. The maximum atomic E-state index is 12.3. The van der Waals surface area contributed by atoms with E-state index in [0.717, 1.165) is 0 Å². The Balaban J connectivity index is 1.83. The highest BCUT2D eigenvalue weighted by atomic mass is 35.5. The van der Waals surface area contributed by atoms with Gasteiger partial charge in [-0.1, -0.05) is 23.7 Å².